The van der Waals surface area contributed by atoms with Crippen molar-refractivity contribution in [2.24, 2.45) is 0 Å². The molecular weight excluding hydrogens is 424 g/mol. The van der Waals surface area contributed by atoms with Gasteiger partial charge < -0.3 is 15.0 Å². The first-order valence-corrected chi connectivity index (χ1v) is 12.2. The maximum absolute atomic E-state index is 12.5. The normalized spacial score (nSPS) is 13.8. The number of thioether (sulfide) groups is 1. The van der Waals surface area contributed by atoms with Crippen molar-refractivity contribution in [1.82, 2.24) is 25.1 Å². The number of hydrogen-bond acceptors (Lipinski definition) is 7. The molecule has 1 aliphatic rings. The maximum atomic E-state index is 12.5. The number of benzene rings is 1. The second-order valence-electron chi connectivity index (χ2n) is 8.01. The predicted molar refractivity (Wildman–Crippen MR) is 128 cm³/mol. The molecule has 0 atom stereocenters. The maximum Gasteiger partial charge on any atom is 0.251 e. The van der Waals surface area contributed by atoms with Crippen LogP contribution in [0.3, 0.4) is 0 Å². The summed E-state index contributed by atoms with van der Waals surface area (Å²) in [4.78, 5) is 24.4. The van der Waals surface area contributed by atoms with Crippen molar-refractivity contribution >= 4 is 34.5 Å². The summed E-state index contributed by atoms with van der Waals surface area (Å²) in [5, 5.41) is 9.27. The molecule has 32 heavy (non-hydrogen) atoms. The van der Waals surface area contributed by atoms with Crippen molar-refractivity contribution in [3.05, 3.63) is 36.0 Å². The van der Waals surface area contributed by atoms with E-state index in [1.807, 2.05) is 36.9 Å². The number of anilines is 1. The van der Waals surface area contributed by atoms with E-state index in [1.54, 1.807) is 23.9 Å². The number of rotatable bonds is 9. The lowest BCUT2D eigenvalue weighted by Crippen LogP contribution is -2.27. The molecule has 3 heterocycles. The zero-order chi connectivity index (χ0) is 22.5. The molecule has 0 radical (unpaired) electrons. The van der Waals surface area contributed by atoms with Crippen molar-refractivity contribution in [2.45, 2.75) is 51.4 Å². The van der Waals surface area contributed by atoms with Crippen LogP contribution in [0.4, 0.5) is 5.82 Å². The van der Waals surface area contributed by atoms with Crippen molar-refractivity contribution < 1.29 is 9.53 Å². The molecular formula is C23H30N6O2S. The molecule has 2 aromatic heterocycles. The van der Waals surface area contributed by atoms with E-state index in [1.165, 1.54) is 12.8 Å². The highest BCUT2D eigenvalue weighted by Crippen LogP contribution is 2.29. The van der Waals surface area contributed by atoms with E-state index < -0.39 is 0 Å². The highest BCUT2D eigenvalue weighted by Gasteiger charge is 2.20. The fraction of sp³-hybridized carbons (Fsp3) is 0.478. The second-order valence-corrected chi connectivity index (χ2v) is 9.24. The number of nitrogens with one attached hydrogen (secondary N) is 1. The van der Waals surface area contributed by atoms with E-state index in [0.717, 1.165) is 46.6 Å². The lowest BCUT2D eigenvalue weighted by Gasteiger charge is -2.17. The molecule has 9 heteroatoms. The van der Waals surface area contributed by atoms with Crippen LogP contribution in [-0.4, -0.2) is 57.1 Å². The Hall–Kier alpha value is -2.81. The summed E-state index contributed by atoms with van der Waals surface area (Å²) in [6, 6.07) is 7.19. The number of ether oxygens (including phenoxy) is 1. The topological polar surface area (TPSA) is 85.2 Å². The third kappa shape index (κ3) is 5.15. The number of carbonyl (C=O) groups excluding carboxylic acids is 1. The summed E-state index contributed by atoms with van der Waals surface area (Å²) in [6.07, 6.45) is 4.32. The average molecular weight is 455 g/mol. The van der Waals surface area contributed by atoms with Crippen LogP contribution < -0.4 is 15.0 Å². The van der Waals surface area contributed by atoms with Gasteiger partial charge in [-0.3, -0.25) is 4.79 Å². The number of amides is 1. The molecule has 3 aromatic rings. The molecule has 1 N–H and O–H groups in total. The molecule has 0 aliphatic carbocycles. The molecule has 170 valence electrons. The first-order chi connectivity index (χ1) is 15.5. The van der Waals surface area contributed by atoms with Gasteiger partial charge in [-0.15, -0.1) is 0 Å². The Morgan fingerprint density at radius 2 is 1.94 bits per heavy atom. The monoisotopic (exact) mass is 454 g/mol. The lowest BCUT2D eigenvalue weighted by atomic mass is 10.2. The molecule has 0 unspecified atom stereocenters. The number of hydrogen-bond donors (Lipinski definition) is 1. The zero-order valence-corrected chi connectivity index (χ0v) is 19.7. The molecule has 4 rings (SSSR count). The molecule has 0 bridgehead atoms. The van der Waals surface area contributed by atoms with E-state index in [2.05, 4.69) is 22.2 Å². The minimum absolute atomic E-state index is 0.101. The third-order valence-electron chi connectivity index (χ3n) is 5.23. The quantitative estimate of drug-likeness (QED) is 0.389. The van der Waals surface area contributed by atoms with Gasteiger partial charge in [-0.2, -0.15) is 5.10 Å². The first-order valence-electron chi connectivity index (χ1n) is 11.2. The van der Waals surface area contributed by atoms with Crippen molar-refractivity contribution in [3.8, 4) is 5.75 Å². The van der Waals surface area contributed by atoms with E-state index in [4.69, 9.17) is 14.7 Å². The van der Waals surface area contributed by atoms with Gasteiger partial charge in [-0.05, 0) is 56.7 Å². The molecule has 8 nitrogen and oxygen atoms in total. The Morgan fingerprint density at radius 1 is 1.19 bits per heavy atom. The summed E-state index contributed by atoms with van der Waals surface area (Å²) >= 11 is 1.64. The van der Waals surface area contributed by atoms with Crippen LogP contribution in [0.15, 0.2) is 35.6 Å². The van der Waals surface area contributed by atoms with Crippen LogP contribution in [0.2, 0.25) is 0 Å². The van der Waals surface area contributed by atoms with E-state index in [9.17, 15) is 4.79 Å². The lowest BCUT2D eigenvalue weighted by molar-refractivity contribution is 0.0952. The zero-order valence-electron chi connectivity index (χ0n) is 18.9. The SMILES string of the molecule is CCSc1nc(N2CCCC2)c2cnn(CCNC(=O)c3ccc(OC(C)C)cc3)c2n1. The fourth-order valence-electron chi connectivity index (χ4n) is 3.78. The molecule has 1 aliphatic heterocycles. The average Bonchev–Trinajstić information content (AvgIpc) is 3.44. The van der Waals surface area contributed by atoms with Crippen molar-refractivity contribution in [3.63, 3.8) is 0 Å². The van der Waals surface area contributed by atoms with Crippen LogP contribution >= 0.6 is 11.8 Å². The summed E-state index contributed by atoms with van der Waals surface area (Å²) in [5.74, 6) is 2.53. The highest BCUT2D eigenvalue weighted by atomic mass is 32.2. The minimum Gasteiger partial charge on any atom is -0.491 e. The summed E-state index contributed by atoms with van der Waals surface area (Å²) in [7, 11) is 0. The van der Waals surface area contributed by atoms with Gasteiger partial charge in [0.05, 0.1) is 24.2 Å². The van der Waals surface area contributed by atoms with E-state index >= 15 is 0 Å². The summed E-state index contributed by atoms with van der Waals surface area (Å²) in [6.45, 7) is 9.08. The van der Waals surface area contributed by atoms with Crippen LogP contribution in [0, 0.1) is 0 Å². The van der Waals surface area contributed by atoms with Gasteiger partial charge in [0.25, 0.3) is 5.91 Å². The molecule has 0 saturated carbocycles. The van der Waals surface area contributed by atoms with Gasteiger partial charge in [0, 0.05) is 25.2 Å². The third-order valence-corrected chi connectivity index (χ3v) is 5.96. The minimum atomic E-state index is -0.118. The first kappa shape index (κ1) is 22.4. The van der Waals surface area contributed by atoms with Crippen LogP contribution in [0.25, 0.3) is 11.0 Å². The summed E-state index contributed by atoms with van der Waals surface area (Å²) < 4.78 is 7.49. The Bertz CT molecular complexity index is 1060. The van der Waals surface area contributed by atoms with Gasteiger partial charge in [0.2, 0.25) is 0 Å². The van der Waals surface area contributed by atoms with Crippen LogP contribution in [-0.2, 0) is 6.54 Å². The second kappa shape index (κ2) is 10.2. The van der Waals surface area contributed by atoms with Crippen molar-refractivity contribution in [2.75, 3.05) is 30.3 Å². The number of fused-ring (bicyclic) bond motifs is 1. The Balaban J connectivity index is 1.44. The van der Waals surface area contributed by atoms with Gasteiger partial charge in [0.15, 0.2) is 10.8 Å². The standard InChI is InChI=1S/C23H30N6O2S/c1-4-32-23-26-20(28-12-5-6-13-28)19-15-25-29(21(19)27-23)14-11-24-22(30)17-7-9-18(10-8-17)31-16(2)3/h7-10,15-16H,4-6,11-14H2,1-3H3,(H,24,30). The summed E-state index contributed by atoms with van der Waals surface area (Å²) in [5.41, 5.74) is 1.42. The van der Waals surface area contributed by atoms with E-state index in [-0.39, 0.29) is 12.0 Å². The molecule has 1 amide bonds. The van der Waals surface area contributed by atoms with Gasteiger partial charge >= 0.3 is 0 Å². The Labute approximate surface area is 192 Å². The highest BCUT2D eigenvalue weighted by molar-refractivity contribution is 7.99. The number of carbonyl (C=O) groups is 1. The largest absolute Gasteiger partial charge is 0.491 e. The number of nitrogens with zero attached hydrogens (tertiary/aromatic N) is 5. The van der Waals surface area contributed by atoms with Gasteiger partial charge in [0.1, 0.15) is 11.6 Å². The number of aromatic nitrogens is 4. The van der Waals surface area contributed by atoms with Crippen molar-refractivity contribution in [1.29, 1.82) is 0 Å². The molecule has 1 saturated heterocycles. The Morgan fingerprint density at radius 3 is 2.62 bits per heavy atom. The predicted octanol–water partition coefficient (Wildman–Crippen LogP) is 3.76. The van der Waals surface area contributed by atoms with E-state index in [0.29, 0.717) is 18.7 Å². The molecule has 0 spiro atoms. The smallest absolute Gasteiger partial charge is 0.251 e. The molecule has 1 fully saturated rings. The molecule has 1 aromatic carbocycles. The van der Waals surface area contributed by atoms with Crippen LogP contribution in [0.5, 0.6) is 5.75 Å². The van der Waals surface area contributed by atoms with Gasteiger partial charge in [-0.1, -0.05) is 18.7 Å². The van der Waals surface area contributed by atoms with Crippen LogP contribution in [0.1, 0.15) is 44.0 Å². The van der Waals surface area contributed by atoms with Gasteiger partial charge in [-0.25, -0.2) is 14.6 Å². The fourth-order valence-corrected chi connectivity index (χ4v) is 4.34. The Kier molecular flexibility index (Phi) is 7.14.